The number of aromatic nitrogens is 4. The maximum atomic E-state index is 13.5. The molecule has 0 spiro atoms. The van der Waals surface area contributed by atoms with Crippen molar-refractivity contribution >= 4 is 29.3 Å². The number of nitrogen functional groups attached to an aromatic ring is 1. The van der Waals surface area contributed by atoms with E-state index in [1.807, 2.05) is 0 Å². The topological polar surface area (TPSA) is 111 Å². The third-order valence-electron chi connectivity index (χ3n) is 5.42. The van der Waals surface area contributed by atoms with Crippen LogP contribution in [-0.2, 0) is 18.9 Å². The minimum atomic E-state index is -0.413. The lowest BCUT2D eigenvalue weighted by Crippen LogP contribution is -2.38. The van der Waals surface area contributed by atoms with E-state index in [1.54, 1.807) is 24.0 Å². The van der Waals surface area contributed by atoms with E-state index in [0.29, 0.717) is 17.8 Å². The van der Waals surface area contributed by atoms with Crippen molar-refractivity contribution in [1.82, 2.24) is 25.1 Å². The van der Waals surface area contributed by atoms with Crippen LogP contribution in [0.3, 0.4) is 0 Å². The van der Waals surface area contributed by atoms with Gasteiger partial charge >= 0.3 is 0 Å². The number of nitrogens with zero attached hydrogens (tertiary/aromatic N) is 4. The lowest BCUT2D eigenvalue weighted by Gasteiger charge is -2.31. The molecule has 0 fully saturated rings. The summed E-state index contributed by atoms with van der Waals surface area (Å²) in [5.41, 5.74) is 9.49. The highest BCUT2D eigenvalue weighted by molar-refractivity contribution is 8.00. The molecule has 1 aromatic carbocycles. The van der Waals surface area contributed by atoms with Crippen molar-refractivity contribution in [2.45, 2.75) is 36.1 Å². The first kappa shape index (κ1) is 18.9. The van der Waals surface area contributed by atoms with Gasteiger partial charge in [0.2, 0.25) is 5.95 Å². The number of amides is 1. The highest BCUT2D eigenvalue weighted by Gasteiger charge is 2.40. The van der Waals surface area contributed by atoms with E-state index in [0.717, 1.165) is 27.4 Å². The molecule has 3 aromatic rings. The highest BCUT2D eigenvalue weighted by atomic mass is 32.2. The summed E-state index contributed by atoms with van der Waals surface area (Å²) in [6, 6.07) is 4.50. The van der Waals surface area contributed by atoms with Crippen LogP contribution in [0.4, 0.5) is 16.0 Å². The van der Waals surface area contributed by atoms with Gasteiger partial charge < -0.3 is 16.4 Å². The molecule has 4 N–H and O–H groups in total. The number of nitrogens with two attached hydrogens (primary N) is 1. The van der Waals surface area contributed by atoms with Gasteiger partial charge in [-0.25, -0.2) is 14.4 Å². The Kier molecular flexibility index (Phi) is 4.04. The second-order valence-electron chi connectivity index (χ2n) is 8.11. The second-order valence-corrected chi connectivity index (χ2v) is 9.26. The van der Waals surface area contributed by atoms with E-state index < -0.39 is 5.50 Å². The summed E-state index contributed by atoms with van der Waals surface area (Å²) in [6.07, 6.45) is 2.41. The van der Waals surface area contributed by atoms with Gasteiger partial charge in [0.25, 0.3) is 5.91 Å². The predicted octanol–water partition coefficient (Wildman–Crippen LogP) is 2.66. The first-order valence-electron chi connectivity index (χ1n) is 9.46. The van der Waals surface area contributed by atoms with Crippen LogP contribution >= 0.6 is 11.8 Å². The Hall–Kier alpha value is -3.14. The lowest BCUT2D eigenvalue weighted by atomic mass is 9.73. The van der Waals surface area contributed by atoms with Crippen LogP contribution < -0.4 is 16.4 Å². The standard InChI is InChI=1S/C20H20FN7OS/c1-20(2)7-9-8-23-18(22)25-14(9)16-13(20)15(27-28(16)3)17(29)26-19-24-11-5-4-10(21)6-12(11)30-19/h4-6,8,19,24H,7H2,1-3H3,(H,26,29)(H2,22,23,25). The normalized spacial score (nSPS) is 18.2. The Morgan fingerprint density at radius 3 is 3.03 bits per heavy atom. The number of halogens is 1. The Morgan fingerprint density at radius 2 is 2.23 bits per heavy atom. The second kappa shape index (κ2) is 6.43. The molecule has 2 aliphatic rings. The van der Waals surface area contributed by atoms with Gasteiger partial charge in [0.05, 0.1) is 17.1 Å². The van der Waals surface area contributed by atoms with Gasteiger partial charge in [-0.3, -0.25) is 9.48 Å². The summed E-state index contributed by atoms with van der Waals surface area (Å²) in [7, 11) is 1.79. The number of rotatable bonds is 2. The largest absolute Gasteiger partial charge is 0.368 e. The van der Waals surface area contributed by atoms with Crippen LogP contribution in [0.25, 0.3) is 11.4 Å². The number of anilines is 2. The fourth-order valence-corrected chi connectivity index (χ4v) is 5.22. The number of nitrogens with one attached hydrogen (secondary N) is 2. The summed E-state index contributed by atoms with van der Waals surface area (Å²) in [5.74, 6) is -0.428. The molecule has 0 saturated heterocycles. The number of carbonyl (C=O) groups is 1. The van der Waals surface area contributed by atoms with Gasteiger partial charge in [0.1, 0.15) is 5.82 Å². The summed E-state index contributed by atoms with van der Waals surface area (Å²) < 4.78 is 15.2. The van der Waals surface area contributed by atoms with Crippen LogP contribution in [0, 0.1) is 5.82 Å². The fourth-order valence-electron chi connectivity index (χ4n) is 4.18. The molecule has 1 unspecified atom stereocenters. The number of hydrogen-bond donors (Lipinski definition) is 3. The Morgan fingerprint density at radius 1 is 1.43 bits per heavy atom. The Labute approximate surface area is 176 Å². The highest BCUT2D eigenvalue weighted by Crippen LogP contribution is 2.44. The molecule has 0 bridgehead atoms. The molecule has 3 heterocycles. The van der Waals surface area contributed by atoms with Crippen molar-refractivity contribution in [1.29, 1.82) is 0 Å². The minimum absolute atomic E-state index is 0.183. The molecule has 1 atom stereocenters. The number of carbonyl (C=O) groups excluding carboxylic acids is 1. The first-order chi connectivity index (χ1) is 14.2. The number of fused-ring (bicyclic) bond motifs is 4. The summed E-state index contributed by atoms with van der Waals surface area (Å²) >= 11 is 1.35. The number of benzene rings is 1. The Balaban J connectivity index is 1.50. The molecule has 1 aliphatic carbocycles. The van der Waals surface area contributed by atoms with Crippen LogP contribution in [0.15, 0.2) is 29.3 Å². The summed E-state index contributed by atoms with van der Waals surface area (Å²) in [6.45, 7) is 4.15. The predicted molar refractivity (Wildman–Crippen MR) is 113 cm³/mol. The van der Waals surface area contributed by atoms with Gasteiger partial charge in [-0.05, 0) is 35.6 Å². The molecular weight excluding hydrogens is 405 g/mol. The third kappa shape index (κ3) is 2.90. The average Bonchev–Trinajstić information content (AvgIpc) is 3.23. The maximum absolute atomic E-state index is 13.5. The van der Waals surface area contributed by atoms with Crippen molar-refractivity contribution < 1.29 is 9.18 Å². The van der Waals surface area contributed by atoms with Gasteiger partial charge in [0, 0.05) is 23.7 Å². The SMILES string of the molecule is Cn1nc(C(=O)NC2Nc3ccc(F)cc3S2)c2c1-c1nc(N)ncc1CC2(C)C. The van der Waals surface area contributed by atoms with Gasteiger partial charge in [-0.1, -0.05) is 25.6 Å². The van der Waals surface area contributed by atoms with E-state index >= 15 is 0 Å². The zero-order valence-corrected chi connectivity index (χ0v) is 17.5. The molecule has 1 aliphatic heterocycles. The van der Waals surface area contributed by atoms with E-state index in [-0.39, 0.29) is 23.1 Å². The number of hydrogen-bond acceptors (Lipinski definition) is 7. The molecule has 8 nitrogen and oxygen atoms in total. The molecule has 2 aromatic heterocycles. The van der Waals surface area contributed by atoms with E-state index in [1.165, 1.54) is 23.9 Å². The molecule has 0 radical (unpaired) electrons. The molecule has 10 heteroatoms. The quantitative estimate of drug-likeness (QED) is 0.579. The monoisotopic (exact) mass is 425 g/mol. The molecule has 5 rings (SSSR count). The van der Waals surface area contributed by atoms with Crippen molar-refractivity contribution in [2.75, 3.05) is 11.1 Å². The van der Waals surface area contributed by atoms with E-state index in [9.17, 15) is 9.18 Å². The van der Waals surface area contributed by atoms with Crippen molar-refractivity contribution in [2.24, 2.45) is 7.05 Å². The van der Waals surface area contributed by atoms with Gasteiger partial charge in [-0.15, -0.1) is 0 Å². The van der Waals surface area contributed by atoms with E-state index in [2.05, 4.69) is 39.5 Å². The van der Waals surface area contributed by atoms with Gasteiger partial charge in [0.15, 0.2) is 11.2 Å². The van der Waals surface area contributed by atoms with Crippen molar-refractivity contribution in [3.05, 3.63) is 47.0 Å². The first-order valence-corrected chi connectivity index (χ1v) is 10.3. The van der Waals surface area contributed by atoms with Crippen LogP contribution in [0.5, 0.6) is 0 Å². The van der Waals surface area contributed by atoms with E-state index in [4.69, 9.17) is 5.73 Å². The molecular formula is C20H20FN7OS. The number of aryl methyl sites for hydroxylation is 1. The van der Waals surface area contributed by atoms with Crippen LogP contribution in [0.1, 0.15) is 35.5 Å². The van der Waals surface area contributed by atoms with Gasteiger partial charge in [-0.2, -0.15) is 5.10 Å². The molecule has 0 saturated carbocycles. The Bertz CT molecular complexity index is 1210. The average molecular weight is 425 g/mol. The smallest absolute Gasteiger partial charge is 0.274 e. The van der Waals surface area contributed by atoms with Crippen molar-refractivity contribution in [3.8, 4) is 11.4 Å². The molecule has 154 valence electrons. The summed E-state index contributed by atoms with van der Waals surface area (Å²) in [4.78, 5) is 22.5. The minimum Gasteiger partial charge on any atom is -0.368 e. The molecule has 30 heavy (non-hydrogen) atoms. The van der Waals surface area contributed by atoms with Crippen LogP contribution in [0.2, 0.25) is 0 Å². The number of thioether (sulfide) groups is 1. The molecule has 1 amide bonds. The summed E-state index contributed by atoms with van der Waals surface area (Å²) in [5, 5.41) is 10.7. The van der Waals surface area contributed by atoms with Crippen molar-refractivity contribution in [3.63, 3.8) is 0 Å². The lowest BCUT2D eigenvalue weighted by molar-refractivity contribution is 0.0945. The maximum Gasteiger partial charge on any atom is 0.274 e. The zero-order chi connectivity index (χ0) is 21.2. The zero-order valence-electron chi connectivity index (χ0n) is 16.7. The van der Waals surface area contributed by atoms with Crippen LogP contribution in [-0.4, -0.2) is 31.2 Å². The fraction of sp³-hybridized carbons (Fsp3) is 0.300. The third-order valence-corrected chi connectivity index (χ3v) is 6.48.